The van der Waals surface area contributed by atoms with Crippen molar-refractivity contribution in [3.05, 3.63) is 0 Å². The van der Waals surface area contributed by atoms with E-state index in [9.17, 15) is 0 Å². The second-order valence-corrected chi connectivity index (χ2v) is 5.16. The molecule has 13 heavy (non-hydrogen) atoms. The molecule has 0 aromatic rings. The lowest BCUT2D eigenvalue weighted by Gasteiger charge is -2.25. The van der Waals surface area contributed by atoms with Crippen molar-refractivity contribution in [1.82, 2.24) is 5.32 Å². The minimum absolute atomic E-state index is 0.207. The van der Waals surface area contributed by atoms with Crippen LogP contribution in [0.25, 0.3) is 0 Å². The Labute approximate surface area is 88.2 Å². The first-order valence-corrected chi connectivity index (χ1v) is 5.82. The first-order valence-electron chi connectivity index (χ1n) is 5.29. The standard InChI is InChI=1S/C11H24ClN/c1-10(2)6-5-9-13-11(3,4)7-8-12/h10,13H,5-9H2,1-4H3. The normalized spacial score (nSPS) is 12.5. The highest BCUT2D eigenvalue weighted by molar-refractivity contribution is 6.17. The monoisotopic (exact) mass is 205 g/mol. The maximum Gasteiger partial charge on any atom is 0.0240 e. The molecule has 0 spiro atoms. The van der Waals surface area contributed by atoms with E-state index in [0.29, 0.717) is 0 Å². The van der Waals surface area contributed by atoms with Crippen LogP contribution in [0, 0.1) is 5.92 Å². The molecule has 0 atom stereocenters. The lowest BCUT2D eigenvalue weighted by atomic mass is 10.0. The van der Waals surface area contributed by atoms with Gasteiger partial charge < -0.3 is 5.32 Å². The highest BCUT2D eigenvalue weighted by atomic mass is 35.5. The molecule has 0 aliphatic heterocycles. The van der Waals surface area contributed by atoms with Gasteiger partial charge in [-0.25, -0.2) is 0 Å². The maximum atomic E-state index is 5.71. The number of rotatable bonds is 7. The van der Waals surface area contributed by atoms with Crippen LogP contribution in [0.4, 0.5) is 0 Å². The molecule has 0 aliphatic carbocycles. The van der Waals surface area contributed by atoms with E-state index in [1.54, 1.807) is 0 Å². The molecule has 0 rings (SSSR count). The summed E-state index contributed by atoms with van der Waals surface area (Å²) >= 11 is 5.71. The third-order valence-corrected chi connectivity index (χ3v) is 2.47. The molecule has 2 heteroatoms. The molecule has 80 valence electrons. The lowest BCUT2D eigenvalue weighted by Crippen LogP contribution is -2.40. The third kappa shape index (κ3) is 8.58. The fraction of sp³-hybridized carbons (Fsp3) is 1.00. The minimum Gasteiger partial charge on any atom is -0.312 e. The zero-order valence-electron chi connectivity index (χ0n) is 9.49. The van der Waals surface area contributed by atoms with Crippen LogP contribution >= 0.6 is 11.6 Å². The largest absolute Gasteiger partial charge is 0.312 e. The molecule has 0 unspecified atom stereocenters. The van der Waals surface area contributed by atoms with Gasteiger partial charge in [-0.2, -0.15) is 0 Å². The third-order valence-electron chi connectivity index (χ3n) is 2.28. The van der Waals surface area contributed by atoms with Crippen LogP contribution in [0.3, 0.4) is 0 Å². The number of hydrogen-bond donors (Lipinski definition) is 1. The molecular formula is C11H24ClN. The fourth-order valence-corrected chi connectivity index (χ4v) is 1.73. The van der Waals surface area contributed by atoms with E-state index in [0.717, 1.165) is 24.8 Å². The molecule has 0 radical (unpaired) electrons. The number of nitrogens with one attached hydrogen (secondary N) is 1. The van der Waals surface area contributed by atoms with Crippen LogP contribution in [-0.2, 0) is 0 Å². The molecular weight excluding hydrogens is 182 g/mol. The molecule has 0 aromatic carbocycles. The van der Waals surface area contributed by atoms with Crippen molar-refractivity contribution in [2.75, 3.05) is 12.4 Å². The Bertz CT molecular complexity index is 121. The average molecular weight is 206 g/mol. The summed E-state index contributed by atoms with van der Waals surface area (Å²) in [6.45, 7) is 10.1. The highest BCUT2D eigenvalue weighted by Crippen LogP contribution is 2.10. The predicted octanol–water partition coefficient (Wildman–Crippen LogP) is 3.42. The summed E-state index contributed by atoms with van der Waals surface area (Å²) in [4.78, 5) is 0. The van der Waals surface area contributed by atoms with E-state index >= 15 is 0 Å². The molecule has 0 fully saturated rings. The van der Waals surface area contributed by atoms with Crippen molar-refractivity contribution >= 4 is 11.6 Å². The summed E-state index contributed by atoms with van der Waals surface area (Å²) in [6, 6.07) is 0. The van der Waals surface area contributed by atoms with Gasteiger partial charge >= 0.3 is 0 Å². The second kappa shape index (κ2) is 6.67. The zero-order chi connectivity index (χ0) is 10.3. The van der Waals surface area contributed by atoms with E-state index < -0.39 is 0 Å². The van der Waals surface area contributed by atoms with Crippen molar-refractivity contribution in [2.45, 2.75) is 52.5 Å². The van der Waals surface area contributed by atoms with Crippen LogP contribution in [0.15, 0.2) is 0 Å². The van der Waals surface area contributed by atoms with Crippen molar-refractivity contribution < 1.29 is 0 Å². The average Bonchev–Trinajstić information content (AvgIpc) is 1.98. The van der Waals surface area contributed by atoms with Crippen molar-refractivity contribution in [3.8, 4) is 0 Å². The Morgan fingerprint density at radius 3 is 2.38 bits per heavy atom. The Morgan fingerprint density at radius 1 is 1.31 bits per heavy atom. The molecule has 1 nitrogen and oxygen atoms in total. The quantitative estimate of drug-likeness (QED) is 0.496. The summed E-state index contributed by atoms with van der Waals surface area (Å²) in [6.07, 6.45) is 3.61. The van der Waals surface area contributed by atoms with Crippen molar-refractivity contribution in [1.29, 1.82) is 0 Å². The maximum absolute atomic E-state index is 5.71. The first-order chi connectivity index (χ1) is 5.98. The summed E-state index contributed by atoms with van der Waals surface area (Å²) in [7, 11) is 0. The van der Waals surface area contributed by atoms with E-state index in [4.69, 9.17) is 11.6 Å². The molecule has 0 aliphatic rings. The Morgan fingerprint density at radius 2 is 1.92 bits per heavy atom. The van der Waals surface area contributed by atoms with Crippen LogP contribution in [-0.4, -0.2) is 18.0 Å². The van der Waals surface area contributed by atoms with E-state index in [1.807, 2.05) is 0 Å². The first kappa shape index (κ1) is 13.2. The van der Waals surface area contributed by atoms with Gasteiger partial charge in [-0.3, -0.25) is 0 Å². The summed E-state index contributed by atoms with van der Waals surface area (Å²) < 4.78 is 0. The van der Waals surface area contributed by atoms with E-state index in [2.05, 4.69) is 33.0 Å². The topological polar surface area (TPSA) is 12.0 Å². The van der Waals surface area contributed by atoms with Gasteiger partial charge in [0.05, 0.1) is 0 Å². The van der Waals surface area contributed by atoms with Gasteiger partial charge in [-0.15, -0.1) is 11.6 Å². The van der Waals surface area contributed by atoms with Gasteiger partial charge in [-0.05, 0) is 45.6 Å². The van der Waals surface area contributed by atoms with Gasteiger partial charge in [0.15, 0.2) is 0 Å². The van der Waals surface area contributed by atoms with Crippen LogP contribution in [0.1, 0.15) is 47.0 Å². The fourth-order valence-electron chi connectivity index (χ4n) is 1.26. The van der Waals surface area contributed by atoms with Crippen LogP contribution in [0.2, 0.25) is 0 Å². The number of hydrogen-bond acceptors (Lipinski definition) is 1. The highest BCUT2D eigenvalue weighted by Gasteiger charge is 2.14. The molecule has 0 aromatic heterocycles. The van der Waals surface area contributed by atoms with E-state index in [-0.39, 0.29) is 5.54 Å². The molecule has 0 bridgehead atoms. The molecule has 1 N–H and O–H groups in total. The summed E-state index contributed by atoms with van der Waals surface area (Å²) in [5, 5.41) is 3.53. The summed E-state index contributed by atoms with van der Waals surface area (Å²) in [5.74, 6) is 1.56. The zero-order valence-corrected chi connectivity index (χ0v) is 10.2. The molecule has 0 saturated carbocycles. The van der Waals surface area contributed by atoms with Gasteiger partial charge in [0.1, 0.15) is 0 Å². The predicted molar refractivity (Wildman–Crippen MR) is 61.5 cm³/mol. The van der Waals surface area contributed by atoms with Gasteiger partial charge in [0.25, 0.3) is 0 Å². The SMILES string of the molecule is CC(C)CCCNC(C)(C)CCCl. The van der Waals surface area contributed by atoms with Crippen molar-refractivity contribution in [3.63, 3.8) is 0 Å². The van der Waals surface area contributed by atoms with Gasteiger partial charge in [-0.1, -0.05) is 13.8 Å². The van der Waals surface area contributed by atoms with Crippen LogP contribution in [0.5, 0.6) is 0 Å². The Kier molecular flexibility index (Phi) is 6.79. The minimum atomic E-state index is 0.207. The Hall–Kier alpha value is 0.250. The van der Waals surface area contributed by atoms with Crippen LogP contribution < -0.4 is 5.32 Å². The molecule has 0 saturated heterocycles. The number of alkyl halides is 1. The lowest BCUT2D eigenvalue weighted by molar-refractivity contribution is 0.367. The molecule has 0 heterocycles. The number of halogens is 1. The van der Waals surface area contributed by atoms with E-state index in [1.165, 1.54) is 12.8 Å². The smallest absolute Gasteiger partial charge is 0.0240 e. The Balaban J connectivity index is 3.40. The molecule has 0 amide bonds. The van der Waals surface area contributed by atoms with Crippen molar-refractivity contribution in [2.24, 2.45) is 5.92 Å². The second-order valence-electron chi connectivity index (χ2n) is 4.79. The van der Waals surface area contributed by atoms with Gasteiger partial charge in [0, 0.05) is 11.4 Å². The van der Waals surface area contributed by atoms with Gasteiger partial charge in [0.2, 0.25) is 0 Å². The summed E-state index contributed by atoms with van der Waals surface area (Å²) in [5.41, 5.74) is 0.207.